The van der Waals surface area contributed by atoms with E-state index in [0.717, 1.165) is 53.5 Å². The average Bonchev–Trinajstić information content (AvgIpc) is 3.70. The number of aryl methyl sites for hydroxylation is 1. The first-order valence-electron chi connectivity index (χ1n) is 13.0. The lowest BCUT2D eigenvalue weighted by atomic mass is 10.0. The van der Waals surface area contributed by atoms with E-state index in [0.29, 0.717) is 24.5 Å². The fourth-order valence-electron chi connectivity index (χ4n) is 5.56. The molecule has 3 heterocycles. The minimum Gasteiger partial charge on any atom is -0.468 e. The van der Waals surface area contributed by atoms with E-state index in [2.05, 4.69) is 25.4 Å². The van der Waals surface area contributed by atoms with Crippen molar-refractivity contribution >= 4 is 10.9 Å². The first-order chi connectivity index (χ1) is 18.6. The Morgan fingerprint density at radius 2 is 1.92 bits per heavy atom. The standard InChI is InChI=1S/C29H29FN6O2/c1-19-6-4-7-21-16-25(29(37)31-26(19)21)27(28-32-33-34-36(28)23-8-2-3-9-23)35(18-24-10-5-15-38-24)17-20-11-13-22(30)14-12-20/h4-7,10-16,23,27H,2-3,8-9,17-18H2,1H3,(H,31,37). The second-order valence-corrected chi connectivity index (χ2v) is 10.0. The quantitative estimate of drug-likeness (QED) is 0.297. The molecular weight excluding hydrogens is 483 g/mol. The number of nitrogens with zero attached hydrogens (tertiary/aromatic N) is 5. The molecule has 1 atom stereocenters. The zero-order valence-corrected chi connectivity index (χ0v) is 21.2. The van der Waals surface area contributed by atoms with Gasteiger partial charge in [-0.15, -0.1) is 5.10 Å². The van der Waals surface area contributed by atoms with Gasteiger partial charge in [0.25, 0.3) is 5.56 Å². The van der Waals surface area contributed by atoms with Crippen LogP contribution in [0.25, 0.3) is 10.9 Å². The van der Waals surface area contributed by atoms with Crippen molar-refractivity contribution in [2.24, 2.45) is 0 Å². The summed E-state index contributed by atoms with van der Waals surface area (Å²) in [4.78, 5) is 19.0. The van der Waals surface area contributed by atoms with Gasteiger partial charge in [0.15, 0.2) is 5.82 Å². The van der Waals surface area contributed by atoms with Crippen LogP contribution in [0.5, 0.6) is 0 Å². The Bertz CT molecular complexity index is 1590. The number of aromatic amines is 1. The molecule has 194 valence electrons. The summed E-state index contributed by atoms with van der Waals surface area (Å²) in [7, 11) is 0. The van der Waals surface area contributed by atoms with Crippen molar-refractivity contribution in [3.05, 3.63) is 111 Å². The smallest absolute Gasteiger partial charge is 0.253 e. The summed E-state index contributed by atoms with van der Waals surface area (Å²) in [5, 5.41) is 13.9. The maximum absolute atomic E-state index is 13.7. The van der Waals surface area contributed by atoms with E-state index in [1.54, 1.807) is 18.4 Å². The van der Waals surface area contributed by atoms with Gasteiger partial charge in [-0.1, -0.05) is 43.2 Å². The van der Waals surface area contributed by atoms with Crippen LogP contribution in [0.4, 0.5) is 4.39 Å². The Balaban J connectivity index is 1.53. The van der Waals surface area contributed by atoms with E-state index < -0.39 is 6.04 Å². The number of halogens is 1. The minimum absolute atomic E-state index is 0.181. The first-order valence-corrected chi connectivity index (χ1v) is 13.0. The number of pyridine rings is 1. The van der Waals surface area contributed by atoms with Crippen LogP contribution in [0.3, 0.4) is 0 Å². The molecule has 6 rings (SSSR count). The zero-order chi connectivity index (χ0) is 26.1. The molecule has 9 heteroatoms. The lowest BCUT2D eigenvalue weighted by Crippen LogP contribution is -2.35. The number of rotatable bonds is 8. The Morgan fingerprint density at radius 1 is 1.11 bits per heavy atom. The van der Waals surface area contributed by atoms with E-state index in [9.17, 15) is 9.18 Å². The van der Waals surface area contributed by atoms with Gasteiger partial charge in [0.05, 0.1) is 24.4 Å². The molecule has 5 aromatic rings. The molecule has 0 bridgehead atoms. The molecule has 2 aromatic carbocycles. The van der Waals surface area contributed by atoms with Crippen LogP contribution in [0, 0.1) is 12.7 Å². The summed E-state index contributed by atoms with van der Waals surface area (Å²) in [6.07, 6.45) is 5.86. The van der Waals surface area contributed by atoms with Crippen LogP contribution in [-0.2, 0) is 13.1 Å². The number of furan rings is 1. The van der Waals surface area contributed by atoms with Crippen LogP contribution in [-0.4, -0.2) is 30.1 Å². The predicted molar refractivity (Wildman–Crippen MR) is 141 cm³/mol. The summed E-state index contributed by atoms with van der Waals surface area (Å²) in [5.41, 5.74) is 3.06. The third kappa shape index (κ3) is 4.77. The summed E-state index contributed by atoms with van der Waals surface area (Å²) in [5.74, 6) is 1.06. The molecule has 1 unspecified atom stereocenters. The van der Waals surface area contributed by atoms with E-state index in [4.69, 9.17) is 4.42 Å². The van der Waals surface area contributed by atoms with Gasteiger partial charge in [-0.3, -0.25) is 9.69 Å². The number of hydrogen-bond acceptors (Lipinski definition) is 6. The fourth-order valence-corrected chi connectivity index (χ4v) is 5.56. The molecule has 8 nitrogen and oxygen atoms in total. The Morgan fingerprint density at radius 3 is 2.68 bits per heavy atom. The van der Waals surface area contributed by atoms with E-state index in [1.807, 2.05) is 48.0 Å². The summed E-state index contributed by atoms with van der Waals surface area (Å²) in [6.45, 7) is 2.81. The monoisotopic (exact) mass is 512 g/mol. The lowest BCUT2D eigenvalue weighted by molar-refractivity contribution is 0.176. The van der Waals surface area contributed by atoms with Gasteiger partial charge in [-0.05, 0) is 77.0 Å². The number of tetrazole rings is 1. The van der Waals surface area contributed by atoms with Gasteiger partial charge in [0.1, 0.15) is 17.6 Å². The summed E-state index contributed by atoms with van der Waals surface area (Å²) >= 11 is 0. The minimum atomic E-state index is -0.575. The molecule has 1 aliphatic rings. The molecule has 1 aliphatic carbocycles. The molecule has 0 aliphatic heterocycles. The molecule has 1 fully saturated rings. The number of H-pyrrole nitrogens is 1. The maximum Gasteiger partial charge on any atom is 0.253 e. The SMILES string of the molecule is Cc1cccc2cc(C(c3nnnn3C3CCCC3)N(Cc3ccc(F)cc3)Cc3ccco3)c(=O)[nH]c12. The molecule has 0 amide bonds. The topological polar surface area (TPSA) is 92.8 Å². The molecule has 0 saturated heterocycles. The number of para-hydroxylation sites is 1. The highest BCUT2D eigenvalue weighted by molar-refractivity contribution is 5.82. The van der Waals surface area contributed by atoms with Crippen LogP contribution in [0.1, 0.15) is 66.0 Å². The Hall–Kier alpha value is -4.11. The van der Waals surface area contributed by atoms with E-state index in [1.165, 1.54) is 12.1 Å². The van der Waals surface area contributed by atoms with Crippen molar-refractivity contribution in [2.75, 3.05) is 0 Å². The second kappa shape index (κ2) is 10.3. The molecule has 38 heavy (non-hydrogen) atoms. The highest BCUT2D eigenvalue weighted by Gasteiger charge is 2.34. The lowest BCUT2D eigenvalue weighted by Gasteiger charge is -2.31. The van der Waals surface area contributed by atoms with Gasteiger partial charge in [-0.2, -0.15) is 0 Å². The molecule has 1 saturated carbocycles. The van der Waals surface area contributed by atoms with Crippen molar-refractivity contribution in [3.8, 4) is 0 Å². The van der Waals surface area contributed by atoms with Crippen molar-refractivity contribution < 1.29 is 8.81 Å². The number of nitrogens with one attached hydrogen (secondary N) is 1. The largest absolute Gasteiger partial charge is 0.468 e. The third-order valence-corrected chi connectivity index (χ3v) is 7.45. The highest BCUT2D eigenvalue weighted by atomic mass is 19.1. The number of aromatic nitrogens is 5. The van der Waals surface area contributed by atoms with Gasteiger partial charge >= 0.3 is 0 Å². The second-order valence-electron chi connectivity index (χ2n) is 10.0. The maximum atomic E-state index is 13.7. The fraction of sp³-hybridized carbons (Fsp3) is 0.310. The normalized spacial score (nSPS) is 15.0. The zero-order valence-electron chi connectivity index (χ0n) is 21.2. The molecular formula is C29H29FN6O2. The number of benzene rings is 2. The van der Waals surface area contributed by atoms with Crippen molar-refractivity contribution in [2.45, 2.75) is 57.8 Å². The van der Waals surface area contributed by atoms with Gasteiger partial charge in [-0.25, -0.2) is 9.07 Å². The Kier molecular flexibility index (Phi) is 6.59. The first kappa shape index (κ1) is 24.2. The predicted octanol–water partition coefficient (Wildman–Crippen LogP) is 5.46. The molecule has 3 aromatic heterocycles. The third-order valence-electron chi connectivity index (χ3n) is 7.45. The summed E-state index contributed by atoms with van der Waals surface area (Å²) < 4.78 is 21.4. The van der Waals surface area contributed by atoms with Crippen LogP contribution in [0.15, 0.2) is 76.1 Å². The number of hydrogen-bond donors (Lipinski definition) is 1. The van der Waals surface area contributed by atoms with E-state index in [-0.39, 0.29) is 17.4 Å². The average molecular weight is 513 g/mol. The highest BCUT2D eigenvalue weighted by Crippen LogP contribution is 2.35. The van der Waals surface area contributed by atoms with Crippen molar-refractivity contribution in [3.63, 3.8) is 0 Å². The van der Waals surface area contributed by atoms with Gasteiger partial charge in [0, 0.05) is 12.1 Å². The Labute approximate surface area is 219 Å². The molecule has 1 N–H and O–H groups in total. The van der Waals surface area contributed by atoms with E-state index >= 15 is 0 Å². The molecule has 0 spiro atoms. The van der Waals surface area contributed by atoms with Crippen molar-refractivity contribution in [1.29, 1.82) is 0 Å². The van der Waals surface area contributed by atoms with Gasteiger partial charge < -0.3 is 9.40 Å². The summed E-state index contributed by atoms with van der Waals surface area (Å²) in [6, 6.07) is 17.7. The van der Waals surface area contributed by atoms with Crippen LogP contribution in [0.2, 0.25) is 0 Å². The van der Waals surface area contributed by atoms with Crippen LogP contribution >= 0.6 is 0 Å². The number of fused-ring (bicyclic) bond motifs is 1. The van der Waals surface area contributed by atoms with Crippen LogP contribution < -0.4 is 5.56 Å². The molecule has 0 radical (unpaired) electrons. The van der Waals surface area contributed by atoms with Crippen molar-refractivity contribution in [1.82, 2.24) is 30.1 Å². The van der Waals surface area contributed by atoms with Gasteiger partial charge in [0.2, 0.25) is 0 Å².